The summed E-state index contributed by atoms with van der Waals surface area (Å²) in [4.78, 5) is 11.5. The summed E-state index contributed by atoms with van der Waals surface area (Å²) < 4.78 is 0. The van der Waals surface area contributed by atoms with E-state index < -0.39 is 0 Å². The second-order valence-electron chi connectivity index (χ2n) is 7.29. The Kier molecular flexibility index (Phi) is 7.24. The van der Waals surface area contributed by atoms with Crippen molar-refractivity contribution in [2.75, 3.05) is 0 Å². The largest absolute Gasteiger partial charge is 0.255 e. The van der Waals surface area contributed by atoms with Crippen LogP contribution in [0, 0.1) is 13.8 Å². The van der Waals surface area contributed by atoms with Gasteiger partial charge in [-0.2, -0.15) is 0 Å². The normalized spacial score (nSPS) is 14.9. The third-order valence-electron chi connectivity index (χ3n) is 4.69. The molecule has 0 saturated heterocycles. The Balaban J connectivity index is 1.63. The van der Waals surface area contributed by atoms with Crippen molar-refractivity contribution in [2.45, 2.75) is 13.8 Å². The van der Waals surface area contributed by atoms with Gasteiger partial charge in [-0.15, -0.1) is 11.5 Å². The van der Waals surface area contributed by atoms with Crippen LogP contribution in [0.15, 0.2) is 118 Å². The van der Waals surface area contributed by atoms with Gasteiger partial charge in [0, 0.05) is 24.6 Å². The molecule has 2 aliphatic carbocycles. The Hall–Kier alpha value is -3.52. The van der Waals surface area contributed by atoms with Crippen molar-refractivity contribution in [3.05, 3.63) is 130 Å². The van der Waals surface area contributed by atoms with Crippen LogP contribution in [0.1, 0.15) is 22.3 Å². The molecular formula is C28H22N2S2. The summed E-state index contributed by atoms with van der Waals surface area (Å²) in [7, 11) is 3.31. The number of hydrogen-bond donors (Lipinski definition) is 0. The molecule has 0 aliphatic heterocycles. The van der Waals surface area contributed by atoms with E-state index in [9.17, 15) is 0 Å². The van der Waals surface area contributed by atoms with Crippen molar-refractivity contribution in [3.63, 3.8) is 0 Å². The topological polar surface area (TPSA) is 24.7 Å². The van der Waals surface area contributed by atoms with E-state index in [4.69, 9.17) is 9.98 Å². The number of rotatable bonds is 4. The van der Waals surface area contributed by atoms with Crippen LogP contribution in [0.2, 0.25) is 0 Å². The van der Waals surface area contributed by atoms with Crippen LogP contribution in [0.25, 0.3) is 0 Å². The van der Waals surface area contributed by atoms with Crippen LogP contribution in [0.3, 0.4) is 0 Å². The van der Waals surface area contributed by atoms with Gasteiger partial charge in [0.2, 0.25) is 0 Å². The summed E-state index contributed by atoms with van der Waals surface area (Å²) in [5, 5.41) is 0. The van der Waals surface area contributed by atoms with Crippen LogP contribution in [-0.4, -0.2) is 22.2 Å². The first-order valence-corrected chi connectivity index (χ1v) is 12.4. The number of nitrogens with zero attached hydrogens (tertiary/aromatic N) is 2. The molecule has 2 aliphatic rings. The highest BCUT2D eigenvalue weighted by Gasteiger charge is 2.04. The molecule has 0 saturated carbocycles. The third kappa shape index (κ3) is 6.01. The zero-order valence-electron chi connectivity index (χ0n) is 17.9. The van der Waals surface area contributed by atoms with Crippen molar-refractivity contribution in [3.8, 4) is 0 Å². The number of aliphatic imine (C=N–C) groups is 2. The Morgan fingerprint density at radius 1 is 0.625 bits per heavy atom. The van der Waals surface area contributed by atoms with Crippen molar-refractivity contribution in [1.29, 1.82) is 0 Å². The van der Waals surface area contributed by atoms with Gasteiger partial charge in [0.25, 0.3) is 0 Å². The Labute approximate surface area is 195 Å². The van der Waals surface area contributed by atoms with E-state index in [1.807, 2.05) is 48.9 Å². The first kappa shape index (κ1) is 21.7. The molecule has 2 nitrogen and oxygen atoms in total. The molecule has 0 N–H and O–H groups in total. The lowest BCUT2D eigenvalue weighted by atomic mass is 10.2. The summed E-state index contributed by atoms with van der Waals surface area (Å²) in [6, 6.07) is 16.7. The van der Waals surface area contributed by atoms with Crippen LogP contribution >= 0.6 is 0 Å². The zero-order chi connectivity index (χ0) is 22.2. The molecule has 0 atom stereocenters. The molecule has 0 amide bonds. The fourth-order valence-electron chi connectivity index (χ4n) is 2.84. The van der Waals surface area contributed by atoms with E-state index in [1.54, 1.807) is 19.8 Å². The lowest BCUT2D eigenvalue weighted by molar-refractivity contribution is 1.44. The van der Waals surface area contributed by atoms with Gasteiger partial charge in [0.15, 0.2) is 0 Å². The van der Waals surface area contributed by atoms with Crippen LogP contribution in [0.5, 0.6) is 0 Å². The molecule has 0 fully saturated rings. The molecule has 0 bridgehead atoms. The maximum Gasteiger partial charge on any atom is 0.0822 e. The van der Waals surface area contributed by atoms with E-state index in [-0.39, 0.29) is 0 Å². The number of benzene rings is 2. The minimum atomic E-state index is 0.923. The van der Waals surface area contributed by atoms with Gasteiger partial charge in [-0.25, -0.2) is 0 Å². The predicted octanol–water partition coefficient (Wildman–Crippen LogP) is 5.48. The number of hydrogen-bond acceptors (Lipinski definition) is 2. The van der Waals surface area contributed by atoms with E-state index in [0.29, 0.717) is 0 Å². The Morgan fingerprint density at radius 3 is 1.44 bits per heavy atom. The minimum absolute atomic E-state index is 0.923. The molecule has 0 unspecified atom stereocenters. The van der Waals surface area contributed by atoms with Crippen molar-refractivity contribution >= 4 is 42.0 Å². The van der Waals surface area contributed by atoms with Gasteiger partial charge < -0.3 is 0 Å². The fraction of sp³-hybridized carbons (Fsp3) is 0.0714. The molecule has 2 aromatic rings. The molecule has 2 aromatic carbocycles. The molecular weight excluding hydrogens is 428 g/mol. The summed E-state index contributed by atoms with van der Waals surface area (Å²) in [6.07, 6.45) is 15.5. The predicted molar refractivity (Wildman–Crippen MR) is 144 cm³/mol. The van der Waals surface area contributed by atoms with Crippen LogP contribution in [0.4, 0.5) is 0 Å². The molecule has 0 heterocycles. The average Bonchev–Trinajstić information content (AvgIpc) is 2.83. The average molecular weight is 451 g/mol. The maximum absolute atomic E-state index is 4.71. The minimum Gasteiger partial charge on any atom is -0.255 e. The number of allylic oxidation sites excluding steroid dienone is 4. The molecule has 0 spiro atoms. The highest BCUT2D eigenvalue weighted by Crippen LogP contribution is 2.09. The lowest BCUT2D eigenvalue weighted by Crippen LogP contribution is -2.01. The standard InChI is InChI=1S/C28H22N2S2/c1-21-11-15-23(16-12-21)19-29-25-7-3-5-9-27(25)31-32-28-10-6-4-8-26(28)30-20-24-17-13-22(2)14-18-24/h3-4,7-20H,1-2H3. The maximum atomic E-state index is 4.71. The monoisotopic (exact) mass is 450 g/mol. The SMILES string of the molecule is Cc1ccc(C=NC2=CC=C=CC2=S=S=C2C=C=CC=C2N=Cc2ccc(C)cc2)cc1. The Bertz CT molecular complexity index is 1280. The van der Waals surface area contributed by atoms with Gasteiger partial charge >= 0.3 is 0 Å². The van der Waals surface area contributed by atoms with Gasteiger partial charge in [-0.3, -0.25) is 9.98 Å². The van der Waals surface area contributed by atoms with Crippen molar-refractivity contribution < 1.29 is 0 Å². The second-order valence-corrected chi connectivity index (χ2v) is 9.51. The van der Waals surface area contributed by atoms with E-state index >= 15 is 0 Å². The number of aryl methyl sites for hydroxylation is 2. The van der Waals surface area contributed by atoms with Crippen molar-refractivity contribution in [2.24, 2.45) is 9.98 Å². The quantitative estimate of drug-likeness (QED) is 0.335. The molecule has 0 radical (unpaired) electrons. The van der Waals surface area contributed by atoms with Gasteiger partial charge in [0.05, 0.1) is 21.1 Å². The van der Waals surface area contributed by atoms with Crippen LogP contribution < -0.4 is 0 Å². The zero-order valence-corrected chi connectivity index (χ0v) is 19.6. The summed E-state index contributed by atoms with van der Waals surface area (Å²) >= 11 is 0. The highest BCUT2D eigenvalue weighted by atomic mass is 32.8. The third-order valence-corrected chi connectivity index (χ3v) is 7.11. The molecule has 4 heteroatoms. The summed E-state index contributed by atoms with van der Waals surface area (Å²) in [5.41, 5.74) is 12.8. The van der Waals surface area contributed by atoms with E-state index in [0.717, 1.165) is 32.3 Å². The van der Waals surface area contributed by atoms with E-state index in [2.05, 4.69) is 73.8 Å². The van der Waals surface area contributed by atoms with Crippen LogP contribution in [-0.2, 0) is 19.8 Å². The van der Waals surface area contributed by atoms with Gasteiger partial charge in [-0.1, -0.05) is 79.5 Å². The summed E-state index contributed by atoms with van der Waals surface area (Å²) in [6.45, 7) is 4.17. The molecule has 156 valence electrons. The second kappa shape index (κ2) is 10.7. The fourth-order valence-corrected chi connectivity index (χ4v) is 5.01. The first-order valence-electron chi connectivity index (χ1n) is 10.2. The first-order chi connectivity index (χ1) is 15.7. The molecule has 0 aromatic heterocycles. The van der Waals surface area contributed by atoms with Crippen molar-refractivity contribution in [1.82, 2.24) is 0 Å². The Morgan fingerprint density at radius 2 is 1.03 bits per heavy atom. The molecule has 4 rings (SSSR count). The highest BCUT2D eigenvalue weighted by molar-refractivity contribution is 8.25. The van der Waals surface area contributed by atoms with E-state index in [1.165, 1.54) is 11.1 Å². The van der Waals surface area contributed by atoms with Gasteiger partial charge in [-0.05, 0) is 49.3 Å². The lowest BCUT2D eigenvalue weighted by Gasteiger charge is -2.02. The summed E-state index contributed by atoms with van der Waals surface area (Å²) in [5.74, 6) is 0. The van der Waals surface area contributed by atoms with Gasteiger partial charge in [0.1, 0.15) is 0 Å². The molecule has 32 heavy (non-hydrogen) atoms. The smallest absolute Gasteiger partial charge is 0.0822 e.